The zero-order valence-electron chi connectivity index (χ0n) is 14.6. The van der Waals surface area contributed by atoms with E-state index < -0.39 is 0 Å². The number of aromatic amines is 1. The first kappa shape index (κ1) is 16.2. The zero-order valence-corrected chi connectivity index (χ0v) is 15.4. The second-order valence-electron chi connectivity index (χ2n) is 6.68. The lowest BCUT2D eigenvalue weighted by molar-refractivity contribution is 0.483. The van der Waals surface area contributed by atoms with Gasteiger partial charge in [0.05, 0.1) is 11.1 Å². The van der Waals surface area contributed by atoms with Crippen LogP contribution in [-0.4, -0.2) is 37.8 Å². The van der Waals surface area contributed by atoms with Crippen LogP contribution in [-0.2, 0) is 0 Å². The summed E-state index contributed by atoms with van der Waals surface area (Å²) in [5.74, 6) is 1.91. The Bertz CT molecular complexity index is 1130. The molecule has 27 heavy (non-hydrogen) atoms. The highest BCUT2D eigenvalue weighted by Crippen LogP contribution is 2.32. The van der Waals surface area contributed by atoms with Gasteiger partial charge in [-0.2, -0.15) is 5.10 Å². The first-order valence-corrected chi connectivity index (χ1v) is 9.85. The molecule has 1 aliphatic rings. The zero-order chi connectivity index (χ0) is 18.2. The molecular formula is C19H18N6OS. The smallest absolute Gasteiger partial charge is 0.347 e. The van der Waals surface area contributed by atoms with Crippen molar-refractivity contribution in [2.45, 2.75) is 18.8 Å². The summed E-state index contributed by atoms with van der Waals surface area (Å²) in [6.45, 7) is 1.72. The molecule has 5 rings (SSSR count). The van der Waals surface area contributed by atoms with Crippen LogP contribution in [0.15, 0.2) is 52.9 Å². The number of nitrogens with zero attached hydrogens (tertiary/aromatic N) is 5. The van der Waals surface area contributed by atoms with Gasteiger partial charge in [0.2, 0.25) is 0 Å². The monoisotopic (exact) mass is 378 g/mol. The number of nitrogens with one attached hydrogen (secondary N) is 1. The number of hydrogen-bond donors (Lipinski definition) is 1. The van der Waals surface area contributed by atoms with Crippen molar-refractivity contribution in [3.05, 3.63) is 64.4 Å². The summed E-state index contributed by atoms with van der Waals surface area (Å²) in [5.41, 5.74) is 0.640. The Balaban J connectivity index is 1.51. The maximum Gasteiger partial charge on any atom is 0.347 e. The summed E-state index contributed by atoms with van der Waals surface area (Å²) in [7, 11) is 0. The molecule has 3 aromatic heterocycles. The molecule has 4 aromatic rings. The highest BCUT2D eigenvalue weighted by molar-refractivity contribution is 7.16. The number of anilines is 1. The molecule has 1 fully saturated rings. The van der Waals surface area contributed by atoms with Gasteiger partial charge in [-0.05, 0) is 36.4 Å². The van der Waals surface area contributed by atoms with Gasteiger partial charge in [0, 0.05) is 19.0 Å². The summed E-state index contributed by atoms with van der Waals surface area (Å²) < 4.78 is 1.69. The number of benzene rings is 1. The Labute approximate surface area is 159 Å². The molecule has 0 saturated carbocycles. The lowest BCUT2D eigenvalue weighted by Gasteiger charge is -2.33. The van der Waals surface area contributed by atoms with Gasteiger partial charge in [0.1, 0.15) is 22.8 Å². The third-order valence-corrected chi connectivity index (χ3v) is 5.86. The molecule has 0 unspecified atom stereocenters. The highest BCUT2D eigenvalue weighted by Gasteiger charge is 2.28. The van der Waals surface area contributed by atoms with Crippen LogP contribution in [0.2, 0.25) is 0 Å². The van der Waals surface area contributed by atoms with Crippen molar-refractivity contribution >= 4 is 27.4 Å². The number of rotatable bonds is 3. The second-order valence-corrected chi connectivity index (χ2v) is 7.57. The summed E-state index contributed by atoms with van der Waals surface area (Å²) in [5, 5.41) is 10.1. The van der Waals surface area contributed by atoms with Crippen LogP contribution in [0.25, 0.3) is 15.9 Å². The molecule has 0 spiro atoms. The van der Waals surface area contributed by atoms with E-state index in [1.54, 1.807) is 22.2 Å². The van der Waals surface area contributed by atoms with E-state index in [2.05, 4.69) is 31.1 Å². The third kappa shape index (κ3) is 2.82. The SMILES string of the molecule is O=c1[nH]nc([C@@H]2CCCN(c3ncnc4sccc34)C2)n1-c1ccccc1. The van der Waals surface area contributed by atoms with Crippen molar-refractivity contribution in [1.29, 1.82) is 0 Å². The fourth-order valence-electron chi connectivity index (χ4n) is 3.82. The number of aromatic nitrogens is 5. The van der Waals surface area contributed by atoms with Crippen molar-refractivity contribution in [3.63, 3.8) is 0 Å². The summed E-state index contributed by atoms with van der Waals surface area (Å²) in [6.07, 6.45) is 3.65. The highest BCUT2D eigenvalue weighted by atomic mass is 32.1. The van der Waals surface area contributed by atoms with Gasteiger partial charge in [-0.1, -0.05) is 18.2 Å². The molecule has 1 saturated heterocycles. The molecule has 0 aliphatic carbocycles. The average molecular weight is 378 g/mol. The third-order valence-electron chi connectivity index (χ3n) is 5.04. The van der Waals surface area contributed by atoms with Crippen molar-refractivity contribution < 1.29 is 0 Å². The largest absolute Gasteiger partial charge is 0.355 e. The summed E-state index contributed by atoms with van der Waals surface area (Å²) in [6, 6.07) is 11.7. The summed E-state index contributed by atoms with van der Waals surface area (Å²) >= 11 is 1.63. The minimum atomic E-state index is -0.199. The molecule has 1 aliphatic heterocycles. The van der Waals surface area contributed by atoms with Crippen molar-refractivity contribution in [2.75, 3.05) is 18.0 Å². The molecule has 0 bridgehead atoms. The second kappa shape index (κ2) is 6.62. The Kier molecular flexibility index (Phi) is 3.97. The summed E-state index contributed by atoms with van der Waals surface area (Å²) in [4.78, 5) is 24.6. The molecule has 8 heteroatoms. The van der Waals surface area contributed by atoms with Crippen LogP contribution >= 0.6 is 11.3 Å². The first-order valence-electron chi connectivity index (χ1n) is 8.97. The lowest BCUT2D eigenvalue weighted by Crippen LogP contribution is -2.36. The van der Waals surface area contributed by atoms with Gasteiger partial charge >= 0.3 is 5.69 Å². The van der Waals surface area contributed by atoms with E-state index in [1.165, 1.54) is 0 Å². The van der Waals surface area contributed by atoms with Gasteiger partial charge in [0.25, 0.3) is 0 Å². The standard InChI is InChI=1S/C19H18N6OS/c26-19-23-22-16(25(19)14-6-2-1-3-7-14)13-5-4-9-24(11-13)17-15-8-10-27-18(15)21-12-20-17/h1-3,6-8,10,12-13H,4-5,9,11H2,(H,23,26)/t13-/m1/s1. The number of piperidine rings is 1. The number of hydrogen-bond acceptors (Lipinski definition) is 6. The van der Waals surface area contributed by atoms with Gasteiger partial charge in [-0.25, -0.2) is 24.4 Å². The van der Waals surface area contributed by atoms with Gasteiger partial charge in [0.15, 0.2) is 0 Å². The Morgan fingerprint density at radius 2 is 2.04 bits per heavy atom. The van der Waals surface area contributed by atoms with Crippen LogP contribution < -0.4 is 10.6 Å². The van der Waals surface area contributed by atoms with E-state index in [-0.39, 0.29) is 11.6 Å². The van der Waals surface area contributed by atoms with Crippen molar-refractivity contribution in [1.82, 2.24) is 24.7 Å². The van der Waals surface area contributed by atoms with Crippen LogP contribution in [0, 0.1) is 0 Å². The van der Waals surface area contributed by atoms with Crippen LogP contribution in [0.4, 0.5) is 5.82 Å². The first-order chi connectivity index (χ1) is 13.3. The van der Waals surface area contributed by atoms with E-state index in [9.17, 15) is 4.79 Å². The fraction of sp³-hybridized carbons (Fsp3) is 0.263. The molecular weight excluding hydrogens is 360 g/mol. The van der Waals surface area contributed by atoms with E-state index in [0.29, 0.717) is 0 Å². The number of H-pyrrole nitrogens is 1. The van der Waals surface area contributed by atoms with Crippen LogP contribution in [0.5, 0.6) is 0 Å². The number of para-hydroxylation sites is 1. The normalized spacial score (nSPS) is 17.5. The topological polar surface area (TPSA) is 79.7 Å². The average Bonchev–Trinajstić information content (AvgIpc) is 3.35. The van der Waals surface area contributed by atoms with E-state index in [4.69, 9.17) is 0 Å². The van der Waals surface area contributed by atoms with Crippen LogP contribution in [0.3, 0.4) is 0 Å². The van der Waals surface area contributed by atoms with E-state index in [1.807, 2.05) is 35.7 Å². The van der Waals surface area contributed by atoms with Crippen molar-refractivity contribution in [2.24, 2.45) is 0 Å². The molecule has 1 atom stereocenters. The minimum absolute atomic E-state index is 0.154. The molecule has 1 aromatic carbocycles. The fourth-order valence-corrected chi connectivity index (χ4v) is 4.55. The maximum absolute atomic E-state index is 12.4. The molecule has 4 heterocycles. The molecule has 1 N–H and O–H groups in total. The predicted molar refractivity (Wildman–Crippen MR) is 106 cm³/mol. The van der Waals surface area contributed by atoms with E-state index >= 15 is 0 Å². The maximum atomic E-state index is 12.4. The molecule has 0 amide bonds. The lowest BCUT2D eigenvalue weighted by atomic mass is 9.96. The van der Waals surface area contributed by atoms with E-state index in [0.717, 1.165) is 53.5 Å². The minimum Gasteiger partial charge on any atom is -0.355 e. The number of fused-ring (bicyclic) bond motifs is 1. The van der Waals surface area contributed by atoms with Crippen molar-refractivity contribution in [3.8, 4) is 5.69 Å². The molecule has 7 nitrogen and oxygen atoms in total. The molecule has 136 valence electrons. The Hall–Kier alpha value is -3.00. The van der Waals surface area contributed by atoms with Gasteiger partial charge < -0.3 is 4.90 Å². The van der Waals surface area contributed by atoms with Gasteiger partial charge in [-0.3, -0.25) is 0 Å². The Morgan fingerprint density at radius 3 is 2.93 bits per heavy atom. The molecule has 0 radical (unpaired) electrons. The predicted octanol–water partition coefficient (Wildman–Crippen LogP) is 2.95. The number of thiophene rings is 1. The Morgan fingerprint density at radius 1 is 1.15 bits per heavy atom. The quantitative estimate of drug-likeness (QED) is 0.593. The van der Waals surface area contributed by atoms with Gasteiger partial charge in [-0.15, -0.1) is 11.3 Å². The van der Waals surface area contributed by atoms with Crippen LogP contribution in [0.1, 0.15) is 24.6 Å².